The lowest BCUT2D eigenvalue weighted by Crippen LogP contribution is -2.14. The van der Waals surface area contributed by atoms with E-state index < -0.39 is 0 Å². The summed E-state index contributed by atoms with van der Waals surface area (Å²) in [6.07, 6.45) is 1.81. The Morgan fingerprint density at radius 2 is 2.15 bits per heavy atom. The molecule has 0 atom stereocenters. The van der Waals surface area contributed by atoms with Crippen LogP contribution in [0.1, 0.15) is 25.6 Å². The molecule has 0 fully saturated rings. The molecule has 0 aliphatic carbocycles. The minimum atomic E-state index is 0.275. The predicted molar refractivity (Wildman–Crippen MR) is 84.1 cm³/mol. The molecule has 3 N–H and O–H groups in total. The molecule has 2 rings (SSSR count). The maximum absolute atomic E-state index is 6.07. The normalized spacial score (nSPS) is 10.8. The zero-order valence-corrected chi connectivity index (χ0v) is 12.5. The van der Waals surface area contributed by atoms with Crippen LogP contribution in [0.4, 0.5) is 5.69 Å². The van der Waals surface area contributed by atoms with Gasteiger partial charge in [0.15, 0.2) is 0 Å². The average molecular weight is 291 g/mol. The maximum atomic E-state index is 6.07. The zero-order valence-electron chi connectivity index (χ0n) is 11.7. The lowest BCUT2D eigenvalue weighted by atomic mass is 10.1. The van der Waals surface area contributed by atoms with Crippen LogP contribution >= 0.6 is 11.6 Å². The largest absolute Gasteiger partial charge is 0.381 e. The number of aromatic nitrogens is 2. The Balaban J connectivity index is 2.48. The minimum Gasteiger partial charge on any atom is -0.381 e. The number of nitrogens with one attached hydrogen (secondary N) is 1. The van der Waals surface area contributed by atoms with Crippen LogP contribution in [0.2, 0.25) is 5.02 Å². The van der Waals surface area contributed by atoms with E-state index >= 15 is 0 Å². The summed E-state index contributed by atoms with van der Waals surface area (Å²) in [5.74, 6) is 1.09. The highest BCUT2D eigenvalue weighted by atomic mass is 35.5. The first-order valence-electron chi connectivity index (χ1n) is 6.68. The summed E-state index contributed by atoms with van der Waals surface area (Å²) >= 11 is 6.07. The van der Waals surface area contributed by atoms with E-state index in [1.165, 1.54) is 0 Å². The van der Waals surface area contributed by atoms with Gasteiger partial charge in [0, 0.05) is 29.6 Å². The molecule has 5 heteroatoms. The predicted octanol–water partition coefficient (Wildman–Crippen LogP) is 3.29. The third-order valence-corrected chi connectivity index (χ3v) is 3.12. The van der Waals surface area contributed by atoms with E-state index in [1.54, 1.807) is 0 Å². The lowest BCUT2D eigenvalue weighted by Gasteiger charge is -2.13. The Morgan fingerprint density at radius 3 is 2.80 bits per heavy atom. The summed E-state index contributed by atoms with van der Waals surface area (Å²) in [6.45, 7) is 5.38. The summed E-state index contributed by atoms with van der Waals surface area (Å²) < 4.78 is 0. The van der Waals surface area contributed by atoms with Gasteiger partial charge >= 0.3 is 0 Å². The van der Waals surface area contributed by atoms with Gasteiger partial charge in [-0.25, -0.2) is 9.97 Å². The van der Waals surface area contributed by atoms with E-state index in [-0.39, 0.29) is 5.92 Å². The molecule has 0 aliphatic rings. The van der Waals surface area contributed by atoms with Gasteiger partial charge in [-0.3, -0.25) is 0 Å². The highest BCUT2D eigenvalue weighted by Crippen LogP contribution is 2.28. The second-order valence-corrected chi connectivity index (χ2v) is 5.31. The van der Waals surface area contributed by atoms with E-state index in [2.05, 4.69) is 29.1 Å². The molecule has 106 valence electrons. The summed E-state index contributed by atoms with van der Waals surface area (Å²) in [7, 11) is 0. The van der Waals surface area contributed by atoms with Gasteiger partial charge in [-0.15, -0.1) is 0 Å². The molecule has 4 nitrogen and oxygen atoms in total. The number of hydrogen-bond acceptors (Lipinski definition) is 4. The minimum absolute atomic E-state index is 0.275. The van der Waals surface area contributed by atoms with Crippen molar-refractivity contribution >= 4 is 17.3 Å². The third-order valence-electron chi connectivity index (χ3n) is 2.88. The van der Waals surface area contributed by atoms with Crippen molar-refractivity contribution in [1.29, 1.82) is 0 Å². The lowest BCUT2D eigenvalue weighted by molar-refractivity contribution is 0.776. The van der Waals surface area contributed by atoms with Crippen LogP contribution in [0.3, 0.4) is 0 Å². The van der Waals surface area contributed by atoms with Crippen LogP contribution in [-0.2, 0) is 0 Å². The maximum Gasteiger partial charge on any atom is 0.131 e. The third kappa shape index (κ3) is 3.46. The van der Waals surface area contributed by atoms with Crippen molar-refractivity contribution in [3.63, 3.8) is 0 Å². The van der Waals surface area contributed by atoms with Gasteiger partial charge in [0.25, 0.3) is 0 Å². The van der Waals surface area contributed by atoms with Crippen LogP contribution in [0.5, 0.6) is 0 Å². The summed E-state index contributed by atoms with van der Waals surface area (Å²) in [5.41, 5.74) is 8.25. The van der Waals surface area contributed by atoms with Crippen LogP contribution < -0.4 is 11.1 Å². The molecule has 2 aromatic rings. The summed E-state index contributed by atoms with van der Waals surface area (Å²) in [5, 5.41) is 3.95. The van der Waals surface area contributed by atoms with E-state index in [1.807, 2.05) is 30.5 Å². The fourth-order valence-corrected chi connectivity index (χ4v) is 2.06. The number of hydrogen-bond donors (Lipinski definition) is 2. The van der Waals surface area contributed by atoms with Crippen molar-refractivity contribution in [2.24, 2.45) is 5.73 Å². The van der Waals surface area contributed by atoms with Gasteiger partial charge in [0.05, 0.1) is 17.6 Å². The molecule has 0 aliphatic heterocycles. The van der Waals surface area contributed by atoms with Crippen molar-refractivity contribution in [2.75, 3.05) is 18.4 Å². The quantitative estimate of drug-likeness (QED) is 0.887. The van der Waals surface area contributed by atoms with E-state index in [4.69, 9.17) is 17.3 Å². The van der Waals surface area contributed by atoms with Crippen molar-refractivity contribution < 1.29 is 0 Å². The van der Waals surface area contributed by atoms with Gasteiger partial charge in [-0.2, -0.15) is 0 Å². The highest BCUT2D eigenvalue weighted by Gasteiger charge is 2.11. The molecule has 0 spiro atoms. The van der Waals surface area contributed by atoms with Gasteiger partial charge in [-0.05, 0) is 12.1 Å². The molecule has 0 radical (unpaired) electrons. The van der Waals surface area contributed by atoms with E-state index in [9.17, 15) is 0 Å². The standard InChI is InChI=1S/C15H19ClN4/c1-10(2)15-19-9-13(18-7-6-17)14(20-15)11-4-3-5-12(16)8-11/h3-5,8-10,18H,6-7,17H2,1-2H3. The molecule has 20 heavy (non-hydrogen) atoms. The van der Waals surface area contributed by atoms with Gasteiger partial charge in [0.2, 0.25) is 0 Å². The molecule has 1 aromatic heterocycles. The first kappa shape index (κ1) is 14.8. The second kappa shape index (κ2) is 6.68. The van der Waals surface area contributed by atoms with Crippen molar-refractivity contribution in [3.05, 3.63) is 41.3 Å². The number of nitrogens with zero attached hydrogens (tertiary/aromatic N) is 2. The Labute approximate surface area is 124 Å². The molecule has 0 amide bonds. The number of nitrogens with two attached hydrogens (primary N) is 1. The van der Waals surface area contributed by atoms with E-state index in [0.29, 0.717) is 18.1 Å². The topological polar surface area (TPSA) is 63.8 Å². The van der Waals surface area contributed by atoms with Gasteiger partial charge in [-0.1, -0.05) is 37.6 Å². The fourth-order valence-electron chi connectivity index (χ4n) is 1.87. The van der Waals surface area contributed by atoms with Crippen molar-refractivity contribution in [1.82, 2.24) is 9.97 Å². The average Bonchev–Trinajstić information content (AvgIpc) is 2.44. The molecular weight excluding hydrogens is 272 g/mol. The molecule has 0 unspecified atom stereocenters. The first-order valence-corrected chi connectivity index (χ1v) is 7.06. The Hall–Kier alpha value is -1.65. The summed E-state index contributed by atoms with van der Waals surface area (Å²) in [4.78, 5) is 9.06. The number of benzene rings is 1. The van der Waals surface area contributed by atoms with Crippen LogP contribution in [0.15, 0.2) is 30.5 Å². The SMILES string of the molecule is CC(C)c1ncc(NCCN)c(-c2cccc(Cl)c2)n1. The van der Waals surface area contributed by atoms with Crippen LogP contribution in [0, 0.1) is 0 Å². The Kier molecular flexibility index (Phi) is 4.93. The molecular formula is C15H19ClN4. The fraction of sp³-hybridized carbons (Fsp3) is 0.333. The van der Waals surface area contributed by atoms with Crippen molar-refractivity contribution in [2.45, 2.75) is 19.8 Å². The summed E-state index contributed by atoms with van der Waals surface area (Å²) in [6, 6.07) is 7.66. The second-order valence-electron chi connectivity index (χ2n) is 4.87. The molecule has 0 saturated carbocycles. The van der Waals surface area contributed by atoms with Gasteiger partial charge < -0.3 is 11.1 Å². The zero-order chi connectivity index (χ0) is 14.5. The van der Waals surface area contributed by atoms with Crippen LogP contribution in [0.25, 0.3) is 11.3 Å². The molecule has 0 saturated heterocycles. The van der Waals surface area contributed by atoms with E-state index in [0.717, 1.165) is 22.8 Å². The Bertz CT molecular complexity index is 584. The molecule has 1 aromatic carbocycles. The number of rotatable bonds is 5. The van der Waals surface area contributed by atoms with Crippen LogP contribution in [-0.4, -0.2) is 23.1 Å². The molecule has 1 heterocycles. The monoisotopic (exact) mass is 290 g/mol. The van der Waals surface area contributed by atoms with Crippen molar-refractivity contribution in [3.8, 4) is 11.3 Å². The smallest absolute Gasteiger partial charge is 0.131 e. The highest BCUT2D eigenvalue weighted by molar-refractivity contribution is 6.30. The molecule has 0 bridgehead atoms. The number of anilines is 1. The Morgan fingerprint density at radius 1 is 1.35 bits per heavy atom. The first-order chi connectivity index (χ1) is 9.61. The number of halogens is 1. The van der Waals surface area contributed by atoms with Gasteiger partial charge in [0.1, 0.15) is 5.82 Å².